The molecule has 0 radical (unpaired) electrons. The number of benzene rings is 1. The summed E-state index contributed by atoms with van der Waals surface area (Å²) in [5.41, 5.74) is -1.39. The highest BCUT2D eigenvalue weighted by atomic mass is 35.5. The molecule has 0 saturated heterocycles. The summed E-state index contributed by atoms with van der Waals surface area (Å²) in [6.45, 7) is 1.53. The highest BCUT2D eigenvalue weighted by molar-refractivity contribution is 7.89. The fourth-order valence-corrected chi connectivity index (χ4v) is 3.51. The van der Waals surface area contributed by atoms with Crippen LogP contribution in [0.1, 0.15) is 45.1 Å². The molecule has 0 fully saturated rings. The SMILES string of the molecule is C[C@H](NC(=O)c1cc(Cl)cc(C(F)(F)F)c1)c1ncnn1-c1ccc(C(=O)NS(C)(=O)=O)cn1. The fourth-order valence-electron chi connectivity index (χ4n) is 2.82. The van der Waals surface area contributed by atoms with Crippen molar-refractivity contribution < 1.29 is 31.2 Å². The lowest BCUT2D eigenvalue weighted by atomic mass is 10.1. The van der Waals surface area contributed by atoms with E-state index in [4.69, 9.17) is 11.6 Å². The fraction of sp³-hybridized carbons (Fsp3) is 0.211. The molecule has 2 amide bonds. The van der Waals surface area contributed by atoms with Crippen molar-refractivity contribution in [1.29, 1.82) is 0 Å². The number of amides is 2. The molecule has 2 N–H and O–H groups in total. The lowest BCUT2D eigenvalue weighted by Gasteiger charge is -2.15. The van der Waals surface area contributed by atoms with Gasteiger partial charge in [-0.25, -0.2) is 23.1 Å². The highest BCUT2D eigenvalue weighted by Gasteiger charge is 2.32. The number of hydrogen-bond acceptors (Lipinski definition) is 7. The summed E-state index contributed by atoms with van der Waals surface area (Å²) in [5.74, 6) is -1.32. The van der Waals surface area contributed by atoms with Gasteiger partial charge in [-0.2, -0.15) is 23.0 Å². The Morgan fingerprint density at radius 1 is 1.09 bits per heavy atom. The van der Waals surface area contributed by atoms with Crippen LogP contribution in [0.4, 0.5) is 13.2 Å². The van der Waals surface area contributed by atoms with Crippen molar-refractivity contribution >= 4 is 33.4 Å². The van der Waals surface area contributed by atoms with Crippen molar-refractivity contribution in [2.24, 2.45) is 0 Å². The molecule has 10 nitrogen and oxygen atoms in total. The van der Waals surface area contributed by atoms with Gasteiger partial charge in [-0.1, -0.05) is 11.6 Å². The zero-order valence-electron chi connectivity index (χ0n) is 17.5. The molecular formula is C19H16ClF3N6O4S. The molecular weight excluding hydrogens is 501 g/mol. The van der Waals surface area contributed by atoms with Crippen LogP contribution in [-0.4, -0.2) is 46.2 Å². The van der Waals surface area contributed by atoms with E-state index >= 15 is 0 Å². The number of carbonyl (C=O) groups excluding carboxylic acids is 2. The van der Waals surface area contributed by atoms with Gasteiger partial charge >= 0.3 is 6.18 Å². The van der Waals surface area contributed by atoms with Crippen molar-refractivity contribution in [3.05, 3.63) is 70.4 Å². The number of nitrogens with one attached hydrogen (secondary N) is 2. The number of rotatable bonds is 6. The first-order valence-corrected chi connectivity index (χ1v) is 11.6. The topological polar surface area (TPSA) is 136 Å². The van der Waals surface area contributed by atoms with Crippen molar-refractivity contribution in [3.63, 3.8) is 0 Å². The molecule has 0 aliphatic carbocycles. The number of nitrogens with zero attached hydrogens (tertiary/aromatic N) is 4. The number of pyridine rings is 1. The van der Waals surface area contributed by atoms with E-state index in [-0.39, 0.29) is 27.8 Å². The van der Waals surface area contributed by atoms with E-state index in [1.807, 2.05) is 0 Å². The molecule has 1 aromatic carbocycles. The monoisotopic (exact) mass is 516 g/mol. The molecule has 0 unspecified atom stereocenters. The van der Waals surface area contributed by atoms with Crippen LogP contribution in [0, 0.1) is 0 Å². The second kappa shape index (κ2) is 9.38. The maximum atomic E-state index is 13.0. The van der Waals surface area contributed by atoms with Gasteiger partial charge < -0.3 is 5.32 Å². The Bertz CT molecular complexity index is 1340. The van der Waals surface area contributed by atoms with Gasteiger partial charge in [0.25, 0.3) is 11.8 Å². The zero-order valence-corrected chi connectivity index (χ0v) is 19.0. The number of alkyl halides is 3. The number of halogens is 4. The second-order valence-electron chi connectivity index (χ2n) is 7.06. The first-order chi connectivity index (χ1) is 15.7. The molecule has 0 saturated carbocycles. The largest absolute Gasteiger partial charge is 0.416 e. The van der Waals surface area contributed by atoms with E-state index in [9.17, 15) is 31.2 Å². The summed E-state index contributed by atoms with van der Waals surface area (Å²) in [6, 6.07) is 4.35. The molecule has 34 heavy (non-hydrogen) atoms. The Balaban J connectivity index is 1.80. The first kappa shape index (κ1) is 25.1. The van der Waals surface area contributed by atoms with Gasteiger partial charge in [-0.05, 0) is 37.3 Å². The summed E-state index contributed by atoms with van der Waals surface area (Å²) in [6.07, 6.45) is -1.56. The predicted molar refractivity (Wildman–Crippen MR) is 114 cm³/mol. The Labute approximate surface area is 196 Å². The number of sulfonamides is 1. The van der Waals surface area contributed by atoms with Gasteiger partial charge in [0.05, 0.1) is 23.4 Å². The van der Waals surface area contributed by atoms with Gasteiger partial charge in [0.15, 0.2) is 11.6 Å². The predicted octanol–water partition coefficient (Wildman–Crippen LogP) is 2.51. The highest BCUT2D eigenvalue weighted by Crippen LogP contribution is 2.32. The van der Waals surface area contributed by atoms with E-state index in [0.717, 1.165) is 18.5 Å². The Kier molecular flexibility index (Phi) is 6.93. The summed E-state index contributed by atoms with van der Waals surface area (Å²) in [7, 11) is -3.76. The quantitative estimate of drug-likeness (QED) is 0.513. The third-order valence-electron chi connectivity index (χ3n) is 4.30. The second-order valence-corrected chi connectivity index (χ2v) is 9.24. The number of hydrogen-bond donors (Lipinski definition) is 2. The first-order valence-electron chi connectivity index (χ1n) is 9.32. The van der Waals surface area contributed by atoms with E-state index < -0.39 is 39.6 Å². The normalized spacial score (nSPS) is 12.8. The van der Waals surface area contributed by atoms with Crippen molar-refractivity contribution in [3.8, 4) is 5.82 Å². The number of aromatic nitrogens is 4. The minimum Gasteiger partial charge on any atom is -0.342 e. The summed E-state index contributed by atoms with van der Waals surface area (Å²) in [5, 5.41) is 6.28. The van der Waals surface area contributed by atoms with Gasteiger partial charge in [0.2, 0.25) is 10.0 Å². The number of carbonyl (C=O) groups is 2. The Morgan fingerprint density at radius 3 is 2.38 bits per heavy atom. The molecule has 3 aromatic rings. The summed E-state index contributed by atoms with van der Waals surface area (Å²) in [4.78, 5) is 32.6. The standard InChI is InChI=1S/C19H16ClF3N6O4S/c1-10(27-17(30)12-5-13(19(21,22)23)7-14(20)6-12)16-25-9-26-29(16)15-4-3-11(8-24-15)18(31)28-34(2,32)33/h3-10H,1-2H3,(H,27,30)(H,28,31)/t10-/m0/s1. The van der Waals surface area contributed by atoms with Gasteiger partial charge in [-0.15, -0.1) is 0 Å². The minimum absolute atomic E-state index is 0.0291. The summed E-state index contributed by atoms with van der Waals surface area (Å²) < 4.78 is 64.5. The summed E-state index contributed by atoms with van der Waals surface area (Å²) >= 11 is 5.74. The third-order valence-corrected chi connectivity index (χ3v) is 5.08. The molecule has 3 rings (SSSR count). The Morgan fingerprint density at radius 2 is 1.79 bits per heavy atom. The minimum atomic E-state index is -4.68. The lowest BCUT2D eigenvalue weighted by molar-refractivity contribution is -0.137. The molecule has 2 aromatic heterocycles. The van der Waals surface area contributed by atoms with Crippen molar-refractivity contribution in [2.75, 3.05) is 6.26 Å². The molecule has 0 aliphatic heterocycles. The molecule has 1 atom stereocenters. The van der Waals surface area contributed by atoms with Gasteiger partial charge in [0, 0.05) is 16.8 Å². The third kappa shape index (κ3) is 6.08. The smallest absolute Gasteiger partial charge is 0.342 e. The molecule has 2 heterocycles. The molecule has 15 heteroatoms. The van der Waals surface area contributed by atoms with Gasteiger partial charge in [-0.3, -0.25) is 9.59 Å². The van der Waals surface area contributed by atoms with Crippen LogP contribution in [0.5, 0.6) is 0 Å². The van der Waals surface area contributed by atoms with E-state index in [2.05, 4.69) is 20.4 Å². The average molecular weight is 517 g/mol. The molecule has 180 valence electrons. The van der Waals surface area contributed by atoms with Crippen molar-refractivity contribution in [2.45, 2.75) is 19.1 Å². The van der Waals surface area contributed by atoms with Crippen LogP contribution in [-0.2, 0) is 16.2 Å². The van der Waals surface area contributed by atoms with Crippen LogP contribution in [0.3, 0.4) is 0 Å². The van der Waals surface area contributed by atoms with E-state index in [0.29, 0.717) is 12.1 Å². The average Bonchev–Trinajstić information content (AvgIpc) is 3.21. The van der Waals surface area contributed by atoms with Crippen LogP contribution in [0.25, 0.3) is 5.82 Å². The van der Waals surface area contributed by atoms with Crippen LogP contribution in [0.15, 0.2) is 42.9 Å². The lowest BCUT2D eigenvalue weighted by Crippen LogP contribution is -2.30. The van der Waals surface area contributed by atoms with Crippen LogP contribution >= 0.6 is 11.6 Å². The Hall–Kier alpha value is -3.52. The van der Waals surface area contributed by atoms with Crippen molar-refractivity contribution in [1.82, 2.24) is 29.8 Å². The van der Waals surface area contributed by atoms with Crippen LogP contribution < -0.4 is 10.0 Å². The van der Waals surface area contributed by atoms with Crippen LogP contribution in [0.2, 0.25) is 5.02 Å². The maximum absolute atomic E-state index is 13.0. The molecule has 0 aliphatic rings. The van der Waals surface area contributed by atoms with E-state index in [1.54, 1.807) is 4.72 Å². The van der Waals surface area contributed by atoms with Gasteiger partial charge in [0.1, 0.15) is 6.33 Å². The maximum Gasteiger partial charge on any atom is 0.416 e. The molecule has 0 bridgehead atoms. The van der Waals surface area contributed by atoms with E-state index in [1.165, 1.54) is 30.1 Å². The zero-order chi connectivity index (χ0) is 25.3. The molecule has 0 spiro atoms.